The number of aromatic amines is 1. The van der Waals surface area contributed by atoms with Gasteiger partial charge in [0.1, 0.15) is 10.5 Å². The fourth-order valence-corrected chi connectivity index (χ4v) is 4.15. The molecular weight excluding hydrogens is 353 g/mol. The van der Waals surface area contributed by atoms with Crippen molar-refractivity contribution in [1.29, 1.82) is 0 Å². The van der Waals surface area contributed by atoms with Gasteiger partial charge in [-0.15, -0.1) is 23.7 Å². The summed E-state index contributed by atoms with van der Waals surface area (Å²) in [7, 11) is 0. The molecule has 0 unspecified atom stereocenters. The van der Waals surface area contributed by atoms with Crippen LogP contribution in [-0.4, -0.2) is 16.9 Å². The normalized spacial score (nSPS) is 19.4. The van der Waals surface area contributed by atoms with Crippen LogP contribution in [0.15, 0.2) is 36.4 Å². The maximum atomic E-state index is 12.4. The number of thiophene rings is 1. The van der Waals surface area contributed by atoms with E-state index >= 15 is 0 Å². The summed E-state index contributed by atoms with van der Waals surface area (Å²) in [4.78, 5) is 16.4. The van der Waals surface area contributed by atoms with Crippen LogP contribution in [0, 0.1) is 0 Å². The number of H-pyrrole nitrogens is 1. The summed E-state index contributed by atoms with van der Waals surface area (Å²) >= 11 is 7.37. The highest BCUT2D eigenvalue weighted by Crippen LogP contribution is 2.31. The molecule has 0 radical (unpaired) electrons. The minimum Gasteiger partial charge on any atom is -0.346 e. The third-order valence-corrected chi connectivity index (χ3v) is 5.32. The lowest BCUT2D eigenvalue weighted by atomic mass is 10.1. The Morgan fingerprint density at radius 3 is 2.87 bits per heavy atom. The van der Waals surface area contributed by atoms with Crippen LogP contribution in [0.1, 0.15) is 27.7 Å². The van der Waals surface area contributed by atoms with Crippen molar-refractivity contribution in [1.82, 2.24) is 10.3 Å². The zero-order valence-electron chi connectivity index (χ0n) is 12.0. The number of carbonyl (C=O) groups excluding carboxylic acids is 1. The van der Waals surface area contributed by atoms with Crippen LogP contribution in [0.3, 0.4) is 0 Å². The van der Waals surface area contributed by atoms with Gasteiger partial charge in [-0.05, 0) is 29.7 Å². The number of carbonyl (C=O) groups is 1. The van der Waals surface area contributed by atoms with Crippen molar-refractivity contribution in [3.8, 4) is 0 Å². The van der Waals surface area contributed by atoms with Crippen molar-refractivity contribution in [3.63, 3.8) is 0 Å². The second-order valence-electron chi connectivity index (χ2n) is 5.53. The molecule has 2 atom stereocenters. The first-order valence-electron chi connectivity index (χ1n) is 7.04. The third kappa shape index (κ3) is 2.85. The van der Waals surface area contributed by atoms with Gasteiger partial charge in [-0.2, -0.15) is 0 Å². The molecule has 0 fully saturated rings. The van der Waals surface area contributed by atoms with Crippen molar-refractivity contribution < 1.29 is 4.79 Å². The van der Waals surface area contributed by atoms with E-state index in [-0.39, 0.29) is 30.4 Å². The molecule has 7 heteroatoms. The number of rotatable bonds is 2. The quantitative estimate of drug-likeness (QED) is 0.646. The third-order valence-electron chi connectivity index (χ3n) is 4.13. The molecule has 2 heterocycles. The maximum Gasteiger partial charge on any atom is 0.268 e. The highest BCUT2D eigenvalue weighted by molar-refractivity contribution is 7.22. The van der Waals surface area contributed by atoms with Gasteiger partial charge in [0.2, 0.25) is 0 Å². The van der Waals surface area contributed by atoms with E-state index in [2.05, 4.69) is 16.4 Å². The summed E-state index contributed by atoms with van der Waals surface area (Å²) in [6, 6.07) is 11.5. The van der Waals surface area contributed by atoms with Gasteiger partial charge in [-0.3, -0.25) is 4.79 Å². The summed E-state index contributed by atoms with van der Waals surface area (Å²) in [6.07, 6.45) is 0.768. The standard InChI is InChI=1S/C16H14ClN3OS.ClH/c17-13-7-9-6-12(20-16(9)22-13)15(21)19-11-5-8-3-1-2-4-10(8)14(11)18;/h1-4,6-7,11,14,20H,5,18H2,(H,19,21);1H/t11-,14+;/m1./s1. The van der Waals surface area contributed by atoms with Crippen LogP contribution < -0.4 is 11.1 Å². The number of hydrogen-bond acceptors (Lipinski definition) is 3. The van der Waals surface area contributed by atoms with Crippen LogP contribution >= 0.6 is 35.3 Å². The number of nitrogens with two attached hydrogens (primary N) is 1. The molecule has 0 bridgehead atoms. The van der Waals surface area contributed by atoms with E-state index in [0.29, 0.717) is 10.0 Å². The molecule has 4 N–H and O–H groups in total. The summed E-state index contributed by atoms with van der Waals surface area (Å²) in [5.74, 6) is -0.132. The van der Waals surface area contributed by atoms with E-state index in [9.17, 15) is 4.79 Å². The number of amides is 1. The van der Waals surface area contributed by atoms with Crippen LogP contribution in [0.2, 0.25) is 4.34 Å². The lowest BCUT2D eigenvalue weighted by Gasteiger charge is -2.17. The second-order valence-corrected chi connectivity index (χ2v) is 7.21. The highest BCUT2D eigenvalue weighted by Gasteiger charge is 2.30. The van der Waals surface area contributed by atoms with E-state index < -0.39 is 0 Å². The van der Waals surface area contributed by atoms with Crippen molar-refractivity contribution in [3.05, 3.63) is 57.6 Å². The molecular formula is C16H15Cl2N3OS. The van der Waals surface area contributed by atoms with Crippen LogP contribution in [0.25, 0.3) is 10.2 Å². The lowest BCUT2D eigenvalue weighted by Crippen LogP contribution is -2.40. The van der Waals surface area contributed by atoms with Gasteiger partial charge in [0, 0.05) is 5.39 Å². The van der Waals surface area contributed by atoms with E-state index in [4.69, 9.17) is 17.3 Å². The Morgan fingerprint density at radius 1 is 1.35 bits per heavy atom. The largest absolute Gasteiger partial charge is 0.346 e. The van der Waals surface area contributed by atoms with Gasteiger partial charge >= 0.3 is 0 Å². The molecule has 120 valence electrons. The summed E-state index contributed by atoms with van der Waals surface area (Å²) in [6.45, 7) is 0. The molecule has 0 saturated heterocycles. The first-order chi connectivity index (χ1) is 10.6. The lowest BCUT2D eigenvalue weighted by molar-refractivity contribution is 0.0929. The Kier molecular flexibility index (Phi) is 4.38. The molecule has 2 aromatic heterocycles. The molecule has 4 nitrogen and oxygen atoms in total. The average molecular weight is 368 g/mol. The maximum absolute atomic E-state index is 12.4. The monoisotopic (exact) mass is 367 g/mol. The minimum atomic E-state index is -0.161. The molecule has 1 aliphatic rings. The van der Waals surface area contributed by atoms with Crippen molar-refractivity contribution in [2.24, 2.45) is 5.73 Å². The van der Waals surface area contributed by atoms with Crippen molar-refractivity contribution >= 4 is 51.5 Å². The molecule has 1 aromatic carbocycles. The summed E-state index contributed by atoms with van der Waals surface area (Å²) in [5, 5.41) is 3.99. The number of halogens is 2. The number of hydrogen-bond donors (Lipinski definition) is 3. The van der Waals surface area contributed by atoms with E-state index in [1.165, 1.54) is 16.9 Å². The van der Waals surface area contributed by atoms with E-state index in [0.717, 1.165) is 22.2 Å². The minimum absolute atomic E-state index is 0. The molecule has 4 rings (SSSR count). The molecule has 0 spiro atoms. The smallest absolute Gasteiger partial charge is 0.268 e. The molecule has 3 aromatic rings. The van der Waals surface area contributed by atoms with E-state index in [1.54, 1.807) is 0 Å². The zero-order valence-corrected chi connectivity index (χ0v) is 14.4. The van der Waals surface area contributed by atoms with Crippen LogP contribution in [0.4, 0.5) is 0 Å². The Morgan fingerprint density at radius 2 is 2.13 bits per heavy atom. The molecule has 1 aliphatic carbocycles. The second kappa shape index (κ2) is 6.17. The summed E-state index contributed by atoms with van der Waals surface area (Å²) in [5.41, 5.74) is 9.12. The van der Waals surface area contributed by atoms with Crippen LogP contribution in [0.5, 0.6) is 0 Å². The van der Waals surface area contributed by atoms with Gasteiger partial charge in [0.05, 0.1) is 16.4 Å². The van der Waals surface area contributed by atoms with Crippen molar-refractivity contribution in [2.75, 3.05) is 0 Å². The number of nitrogens with one attached hydrogen (secondary N) is 2. The molecule has 0 aliphatic heterocycles. The van der Waals surface area contributed by atoms with Gasteiger partial charge in [-0.1, -0.05) is 35.9 Å². The predicted octanol–water partition coefficient (Wildman–Crippen LogP) is 3.66. The predicted molar refractivity (Wildman–Crippen MR) is 96.8 cm³/mol. The van der Waals surface area contributed by atoms with Crippen molar-refractivity contribution in [2.45, 2.75) is 18.5 Å². The molecule has 23 heavy (non-hydrogen) atoms. The Labute approximate surface area is 148 Å². The Balaban J connectivity index is 0.00000156. The highest BCUT2D eigenvalue weighted by atomic mass is 35.5. The number of fused-ring (bicyclic) bond motifs is 2. The van der Waals surface area contributed by atoms with Gasteiger partial charge in [0.25, 0.3) is 5.91 Å². The Hall–Kier alpha value is -1.53. The average Bonchev–Trinajstić information content (AvgIpc) is 3.12. The molecule has 1 amide bonds. The fourth-order valence-electron chi connectivity index (χ4n) is 3.03. The topological polar surface area (TPSA) is 70.9 Å². The SMILES string of the molecule is Cl.N[C@H]1c2ccccc2C[C@H]1NC(=O)c1cc2cc(Cl)sc2[nH]1. The first-order valence-corrected chi connectivity index (χ1v) is 8.23. The van der Waals surface area contributed by atoms with Crippen LogP contribution in [-0.2, 0) is 6.42 Å². The summed E-state index contributed by atoms with van der Waals surface area (Å²) < 4.78 is 0.710. The number of benzene rings is 1. The van der Waals surface area contributed by atoms with E-state index in [1.807, 2.05) is 30.3 Å². The first kappa shape index (κ1) is 16.3. The zero-order chi connectivity index (χ0) is 15.3. The van der Waals surface area contributed by atoms with Gasteiger partial charge in [-0.25, -0.2) is 0 Å². The molecule has 0 saturated carbocycles. The Bertz CT molecular complexity index is 842. The van der Waals surface area contributed by atoms with Gasteiger partial charge in [0.15, 0.2) is 0 Å². The number of aromatic nitrogens is 1. The fraction of sp³-hybridized carbons (Fsp3) is 0.188. The van der Waals surface area contributed by atoms with Gasteiger partial charge < -0.3 is 16.0 Å².